The summed E-state index contributed by atoms with van der Waals surface area (Å²) in [6, 6.07) is 10.8. The second kappa shape index (κ2) is 6.47. The third-order valence-corrected chi connectivity index (χ3v) is 3.75. The summed E-state index contributed by atoms with van der Waals surface area (Å²) in [5.74, 6) is -0.141. The van der Waals surface area contributed by atoms with Crippen LogP contribution in [0, 0.1) is 6.92 Å². The largest absolute Gasteiger partial charge is 0.469 e. The van der Waals surface area contributed by atoms with Gasteiger partial charge in [-0.3, -0.25) is 9.59 Å². The van der Waals surface area contributed by atoms with E-state index in [0.29, 0.717) is 11.3 Å². The monoisotopic (exact) mass is 301 g/mol. The minimum Gasteiger partial charge on any atom is -0.469 e. The van der Waals surface area contributed by atoms with Gasteiger partial charge >= 0.3 is 5.97 Å². The van der Waals surface area contributed by atoms with Crippen LogP contribution in [0.3, 0.4) is 0 Å². The molecule has 116 valence electrons. The van der Waals surface area contributed by atoms with Crippen LogP contribution in [-0.4, -0.2) is 25.5 Å². The molecular weight excluding hydrogens is 282 g/mol. The molecule has 2 aromatic rings. The standard InChI is InChI=1S/C17H19NO4/c1-12-14(9-10-22-12)15(19)18-11-17(2,16(20)21-3)13-7-5-4-6-8-13/h4-10H,11H2,1-3H3,(H,18,19)/t17-/m0/s1. The van der Waals surface area contributed by atoms with Crippen molar-refractivity contribution in [1.29, 1.82) is 0 Å². The first-order chi connectivity index (χ1) is 10.5. The number of rotatable bonds is 5. The van der Waals surface area contributed by atoms with E-state index in [1.807, 2.05) is 30.3 Å². The molecule has 1 N–H and O–H groups in total. The molecule has 2 rings (SSSR count). The lowest BCUT2D eigenvalue weighted by Crippen LogP contribution is -2.45. The Hall–Kier alpha value is -2.56. The van der Waals surface area contributed by atoms with Gasteiger partial charge in [-0.15, -0.1) is 0 Å². The van der Waals surface area contributed by atoms with Gasteiger partial charge in [0, 0.05) is 6.54 Å². The average Bonchev–Trinajstić information content (AvgIpc) is 2.98. The van der Waals surface area contributed by atoms with Crippen molar-refractivity contribution in [3.63, 3.8) is 0 Å². The molecule has 1 heterocycles. The number of esters is 1. The third kappa shape index (κ3) is 3.03. The first-order valence-electron chi connectivity index (χ1n) is 6.95. The third-order valence-electron chi connectivity index (χ3n) is 3.75. The molecule has 0 aliphatic carbocycles. The quantitative estimate of drug-likeness (QED) is 0.861. The average molecular weight is 301 g/mol. The summed E-state index contributed by atoms with van der Waals surface area (Å²) >= 11 is 0. The molecule has 0 bridgehead atoms. The van der Waals surface area contributed by atoms with Crippen LogP contribution >= 0.6 is 0 Å². The summed E-state index contributed by atoms with van der Waals surface area (Å²) < 4.78 is 10.0. The maximum absolute atomic E-state index is 12.2. The van der Waals surface area contributed by atoms with Crippen molar-refractivity contribution in [3.8, 4) is 0 Å². The molecule has 0 aliphatic rings. The van der Waals surface area contributed by atoms with Crippen LogP contribution in [0.15, 0.2) is 47.1 Å². The number of furan rings is 1. The summed E-state index contributed by atoms with van der Waals surface area (Å²) in [7, 11) is 1.34. The van der Waals surface area contributed by atoms with E-state index < -0.39 is 11.4 Å². The molecule has 0 saturated carbocycles. The highest BCUT2D eigenvalue weighted by Gasteiger charge is 2.37. The lowest BCUT2D eigenvalue weighted by molar-refractivity contribution is -0.146. The van der Waals surface area contributed by atoms with Gasteiger partial charge in [0.2, 0.25) is 0 Å². The van der Waals surface area contributed by atoms with E-state index in [4.69, 9.17) is 9.15 Å². The van der Waals surface area contributed by atoms with Crippen LogP contribution < -0.4 is 5.32 Å². The first-order valence-corrected chi connectivity index (χ1v) is 6.95. The normalized spacial score (nSPS) is 13.2. The number of methoxy groups -OCH3 is 1. The molecule has 0 fully saturated rings. The van der Waals surface area contributed by atoms with E-state index in [1.165, 1.54) is 13.4 Å². The predicted octanol–water partition coefficient (Wildman–Crippen LogP) is 2.45. The van der Waals surface area contributed by atoms with Crippen LogP contribution in [0.1, 0.15) is 28.6 Å². The molecule has 5 nitrogen and oxygen atoms in total. The Morgan fingerprint density at radius 1 is 1.23 bits per heavy atom. The number of hydrogen-bond acceptors (Lipinski definition) is 4. The molecule has 1 amide bonds. The Labute approximate surface area is 129 Å². The van der Waals surface area contributed by atoms with Gasteiger partial charge in [-0.05, 0) is 25.5 Å². The molecule has 5 heteroatoms. The van der Waals surface area contributed by atoms with E-state index in [0.717, 1.165) is 5.56 Å². The van der Waals surface area contributed by atoms with Crippen LogP contribution in [-0.2, 0) is 14.9 Å². The van der Waals surface area contributed by atoms with Gasteiger partial charge in [0.05, 0.1) is 18.9 Å². The highest BCUT2D eigenvalue weighted by Crippen LogP contribution is 2.24. The fourth-order valence-corrected chi connectivity index (χ4v) is 2.30. The van der Waals surface area contributed by atoms with Crippen molar-refractivity contribution in [2.24, 2.45) is 0 Å². The number of hydrogen-bond donors (Lipinski definition) is 1. The summed E-state index contributed by atoms with van der Waals surface area (Å²) in [6.07, 6.45) is 1.46. The van der Waals surface area contributed by atoms with E-state index >= 15 is 0 Å². The smallest absolute Gasteiger partial charge is 0.317 e. The fourth-order valence-electron chi connectivity index (χ4n) is 2.30. The van der Waals surface area contributed by atoms with E-state index in [-0.39, 0.29) is 12.5 Å². The number of ether oxygens (including phenoxy) is 1. The number of nitrogens with one attached hydrogen (secondary N) is 1. The van der Waals surface area contributed by atoms with Gasteiger partial charge in [-0.1, -0.05) is 30.3 Å². The summed E-state index contributed by atoms with van der Waals surface area (Å²) in [4.78, 5) is 24.4. The van der Waals surface area contributed by atoms with Crippen LogP contribution in [0.2, 0.25) is 0 Å². The van der Waals surface area contributed by atoms with Gasteiger partial charge in [-0.2, -0.15) is 0 Å². The minimum absolute atomic E-state index is 0.132. The fraction of sp³-hybridized carbons (Fsp3) is 0.294. The molecular formula is C17H19NO4. The maximum atomic E-state index is 12.2. The number of aryl methyl sites for hydroxylation is 1. The Balaban J connectivity index is 2.20. The van der Waals surface area contributed by atoms with Crippen molar-refractivity contribution in [2.45, 2.75) is 19.3 Å². The lowest BCUT2D eigenvalue weighted by Gasteiger charge is -2.27. The molecule has 0 unspecified atom stereocenters. The zero-order valence-corrected chi connectivity index (χ0v) is 12.9. The summed E-state index contributed by atoms with van der Waals surface area (Å²) in [6.45, 7) is 3.59. The number of benzene rings is 1. The maximum Gasteiger partial charge on any atom is 0.317 e. The minimum atomic E-state index is -0.955. The van der Waals surface area contributed by atoms with Gasteiger partial charge < -0.3 is 14.5 Å². The predicted molar refractivity (Wildman–Crippen MR) is 81.6 cm³/mol. The zero-order valence-electron chi connectivity index (χ0n) is 12.9. The molecule has 1 aromatic carbocycles. The van der Waals surface area contributed by atoms with Gasteiger partial charge in [0.15, 0.2) is 0 Å². The highest BCUT2D eigenvalue weighted by atomic mass is 16.5. The molecule has 1 aromatic heterocycles. The van der Waals surface area contributed by atoms with Gasteiger partial charge in [0.1, 0.15) is 11.2 Å². The van der Waals surface area contributed by atoms with Gasteiger partial charge in [-0.25, -0.2) is 0 Å². The van der Waals surface area contributed by atoms with Crippen molar-refractivity contribution < 1.29 is 18.7 Å². The Bertz CT molecular complexity index is 662. The zero-order chi connectivity index (χ0) is 16.2. The number of carbonyl (C=O) groups is 2. The summed E-state index contributed by atoms with van der Waals surface area (Å²) in [5, 5.41) is 2.78. The van der Waals surface area contributed by atoms with Crippen molar-refractivity contribution in [2.75, 3.05) is 13.7 Å². The topological polar surface area (TPSA) is 68.5 Å². The van der Waals surface area contributed by atoms with Crippen molar-refractivity contribution in [1.82, 2.24) is 5.32 Å². The van der Waals surface area contributed by atoms with Crippen LogP contribution in [0.4, 0.5) is 0 Å². The Kier molecular flexibility index (Phi) is 4.65. The van der Waals surface area contributed by atoms with E-state index in [2.05, 4.69) is 5.32 Å². The second-order valence-corrected chi connectivity index (χ2v) is 5.26. The Morgan fingerprint density at radius 2 is 1.91 bits per heavy atom. The molecule has 22 heavy (non-hydrogen) atoms. The highest BCUT2D eigenvalue weighted by molar-refractivity contribution is 5.95. The first kappa shape index (κ1) is 15.8. The van der Waals surface area contributed by atoms with Crippen LogP contribution in [0.25, 0.3) is 0 Å². The van der Waals surface area contributed by atoms with Gasteiger partial charge in [0.25, 0.3) is 5.91 Å². The summed E-state index contributed by atoms with van der Waals surface area (Å²) in [5.41, 5.74) is 0.287. The van der Waals surface area contributed by atoms with E-state index in [1.54, 1.807) is 19.9 Å². The SMILES string of the molecule is COC(=O)[C@@](C)(CNC(=O)c1ccoc1C)c1ccccc1. The van der Waals surface area contributed by atoms with Crippen LogP contribution in [0.5, 0.6) is 0 Å². The Morgan fingerprint density at radius 3 is 2.45 bits per heavy atom. The molecule has 0 spiro atoms. The van der Waals surface area contributed by atoms with E-state index in [9.17, 15) is 9.59 Å². The molecule has 1 atom stereocenters. The van der Waals surface area contributed by atoms with Crippen molar-refractivity contribution in [3.05, 3.63) is 59.5 Å². The lowest BCUT2D eigenvalue weighted by atomic mass is 9.82. The number of carbonyl (C=O) groups excluding carboxylic acids is 2. The number of amides is 1. The van der Waals surface area contributed by atoms with Crippen molar-refractivity contribution >= 4 is 11.9 Å². The molecule has 0 radical (unpaired) electrons. The molecule has 0 aliphatic heterocycles. The molecule has 0 saturated heterocycles. The second-order valence-electron chi connectivity index (χ2n) is 5.26.